The topological polar surface area (TPSA) is 123 Å². The number of pyridine rings is 1. The summed E-state index contributed by atoms with van der Waals surface area (Å²) >= 11 is 6.38. The van der Waals surface area contributed by atoms with Gasteiger partial charge in [0.2, 0.25) is 0 Å². The molecule has 0 radical (unpaired) electrons. The Labute approximate surface area is 211 Å². The van der Waals surface area contributed by atoms with E-state index in [1.807, 2.05) is 19.1 Å². The van der Waals surface area contributed by atoms with Gasteiger partial charge in [0.05, 0.1) is 25.9 Å². The predicted octanol–water partition coefficient (Wildman–Crippen LogP) is 3.05. The molecule has 1 saturated heterocycles. The number of amidine groups is 1. The second kappa shape index (κ2) is 11.0. The molecule has 1 aromatic carbocycles. The Morgan fingerprint density at radius 1 is 1.33 bits per heavy atom. The van der Waals surface area contributed by atoms with Crippen molar-refractivity contribution in [3.05, 3.63) is 75.5 Å². The molecule has 0 bridgehead atoms. The number of morpholine rings is 1. The quantitative estimate of drug-likeness (QED) is 0.555. The molecule has 0 spiro atoms. The zero-order chi connectivity index (χ0) is 25.8. The van der Waals surface area contributed by atoms with Gasteiger partial charge in [-0.3, -0.25) is 14.9 Å². The van der Waals surface area contributed by atoms with Crippen molar-refractivity contribution in [2.75, 3.05) is 33.4 Å². The molecule has 10 nitrogen and oxygen atoms in total. The number of carbonyl (C=O) groups excluding carboxylic acids is 1. The van der Waals surface area contributed by atoms with E-state index in [2.05, 4.69) is 10.3 Å². The number of carboxylic acid groups (broad SMARTS) is 1. The van der Waals surface area contributed by atoms with Gasteiger partial charge in [0.25, 0.3) is 0 Å². The number of aryl methyl sites for hydroxylation is 1. The van der Waals surface area contributed by atoms with Gasteiger partial charge in [0.1, 0.15) is 17.6 Å². The van der Waals surface area contributed by atoms with Crippen LogP contribution < -0.4 is 5.32 Å². The fourth-order valence-electron chi connectivity index (χ4n) is 4.04. The number of aromatic nitrogens is 1. The summed E-state index contributed by atoms with van der Waals surface area (Å²) in [5.41, 5.74) is 2.38. The minimum atomic E-state index is -1.45. The molecule has 2 aliphatic heterocycles. The van der Waals surface area contributed by atoms with E-state index in [0.29, 0.717) is 35.9 Å². The number of nitrogens with zero attached hydrogens (tertiary/aromatic N) is 3. The molecule has 12 heteroatoms. The maximum absolute atomic E-state index is 13.8. The number of aliphatic imine (C=N–C) groups is 1. The summed E-state index contributed by atoms with van der Waals surface area (Å²) in [6, 6.07) is 6.55. The molecule has 0 unspecified atom stereocenters. The Morgan fingerprint density at radius 3 is 2.83 bits per heavy atom. The van der Waals surface area contributed by atoms with Crippen molar-refractivity contribution in [2.45, 2.75) is 19.2 Å². The summed E-state index contributed by atoms with van der Waals surface area (Å²) in [6.45, 7) is 2.69. The molecule has 1 aromatic heterocycles. The number of ether oxygens (including phenoxy) is 3. The number of halogens is 2. The van der Waals surface area contributed by atoms with Gasteiger partial charge in [-0.25, -0.2) is 14.0 Å². The lowest BCUT2D eigenvalue weighted by molar-refractivity contribution is -0.136. The van der Waals surface area contributed by atoms with Crippen LogP contribution in [0.3, 0.4) is 0 Å². The minimum Gasteiger partial charge on any atom is -0.466 e. The van der Waals surface area contributed by atoms with Crippen molar-refractivity contribution in [3.8, 4) is 0 Å². The number of benzene rings is 1. The summed E-state index contributed by atoms with van der Waals surface area (Å²) in [6.07, 6.45) is -0.708. The largest absolute Gasteiger partial charge is 0.507 e. The standard InChI is InChI=1S/C24H24ClFN4O6/c1-13-5-6-27-17(9-13)22-28-18(11-30-7-8-35-12-19(30)36-24(32)33)20(23(31)34-2)21(29-22)15-4-3-14(26)10-16(15)25/h3-6,9-10,19,21H,7-8,11-12H2,1-2H3,(H,28,29)(H,32,33)/t19-,21-/m0/s1. The average Bonchev–Trinajstić information content (AvgIpc) is 2.84. The Bertz CT molecular complexity index is 1240. The van der Waals surface area contributed by atoms with E-state index >= 15 is 0 Å². The van der Waals surface area contributed by atoms with Crippen molar-refractivity contribution in [3.63, 3.8) is 0 Å². The Balaban J connectivity index is 1.83. The second-order valence-corrected chi connectivity index (χ2v) is 8.56. The van der Waals surface area contributed by atoms with Crippen LogP contribution >= 0.6 is 11.6 Å². The first-order chi connectivity index (χ1) is 17.3. The molecular formula is C24H24ClFN4O6. The van der Waals surface area contributed by atoms with Gasteiger partial charge in [0, 0.05) is 35.6 Å². The molecule has 3 heterocycles. The zero-order valence-corrected chi connectivity index (χ0v) is 20.3. The average molecular weight is 519 g/mol. The first-order valence-electron chi connectivity index (χ1n) is 11.0. The third kappa shape index (κ3) is 5.64. The minimum absolute atomic E-state index is 0.0285. The fraction of sp³-hybridized carbons (Fsp3) is 0.333. The Morgan fingerprint density at radius 2 is 2.14 bits per heavy atom. The molecule has 2 N–H and O–H groups in total. The molecule has 190 valence electrons. The van der Waals surface area contributed by atoms with Crippen molar-refractivity contribution in [1.29, 1.82) is 0 Å². The Kier molecular flexibility index (Phi) is 7.82. The van der Waals surface area contributed by atoms with Crippen LogP contribution in [0.25, 0.3) is 0 Å². The van der Waals surface area contributed by atoms with Crippen LogP contribution in [0.15, 0.2) is 52.8 Å². The number of esters is 1. The maximum Gasteiger partial charge on any atom is 0.507 e. The number of hydrogen-bond donors (Lipinski definition) is 2. The monoisotopic (exact) mass is 518 g/mol. The summed E-state index contributed by atoms with van der Waals surface area (Å²) in [7, 11) is 1.24. The number of carbonyl (C=O) groups is 2. The van der Waals surface area contributed by atoms with Crippen molar-refractivity contribution < 1.29 is 33.3 Å². The van der Waals surface area contributed by atoms with Gasteiger partial charge < -0.3 is 24.6 Å². The first kappa shape index (κ1) is 25.5. The highest BCUT2D eigenvalue weighted by molar-refractivity contribution is 6.31. The number of nitrogens with one attached hydrogen (secondary N) is 1. The lowest BCUT2D eigenvalue weighted by Crippen LogP contribution is -2.50. The van der Waals surface area contributed by atoms with Crippen LogP contribution in [0.1, 0.15) is 22.9 Å². The van der Waals surface area contributed by atoms with Gasteiger partial charge in [0.15, 0.2) is 12.1 Å². The van der Waals surface area contributed by atoms with Crippen molar-refractivity contribution >= 4 is 29.6 Å². The van der Waals surface area contributed by atoms with Gasteiger partial charge in [-0.15, -0.1) is 0 Å². The highest BCUT2D eigenvalue weighted by Crippen LogP contribution is 2.36. The molecule has 0 aliphatic carbocycles. The molecular weight excluding hydrogens is 495 g/mol. The maximum atomic E-state index is 13.8. The Hall–Kier alpha value is -3.54. The van der Waals surface area contributed by atoms with Gasteiger partial charge in [-0.05, 0) is 36.8 Å². The van der Waals surface area contributed by atoms with Crippen molar-refractivity contribution in [2.24, 2.45) is 4.99 Å². The van der Waals surface area contributed by atoms with E-state index in [4.69, 9.17) is 35.9 Å². The van der Waals surface area contributed by atoms with Gasteiger partial charge >= 0.3 is 12.1 Å². The SMILES string of the molecule is COC(=O)C1=C(CN2CCOC[C@@H]2OC(=O)O)NC(c2cc(C)ccn2)=N[C@H]1c1ccc(F)cc1Cl. The van der Waals surface area contributed by atoms with Crippen LogP contribution in [0.4, 0.5) is 9.18 Å². The van der Waals surface area contributed by atoms with Crippen LogP contribution in [-0.2, 0) is 19.0 Å². The molecule has 1 fully saturated rings. The number of hydrogen-bond acceptors (Lipinski definition) is 9. The normalized spacial score (nSPS) is 20.4. The summed E-state index contributed by atoms with van der Waals surface area (Å²) in [5, 5.41) is 12.4. The fourth-order valence-corrected chi connectivity index (χ4v) is 4.31. The lowest BCUT2D eigenvalue weighted by Gasteiger charge is -2.36. The lowest BCUT2D eigenvalue weighted by atomic mass is 9.94. The molecule has 36 heavy (non-hydrogen) atoms. The second-order valence-electron chi connectivity index (χ2n) is 8.16. The summed E-state index contributed by atoms with van der Waals surface area (Å²) in [4.78, 5) is 35.1. The molecule has 2 atom stereocenters. The van der Waals surface area contributed by atoms with E-state index in [1.54, 1.807) is 11.1 Å². The predicted molar refractivity (Wildman–Crippen MR) is 127 cm³/mol. The van der Waals surface area contributed by atoms with Crippen LogP contribution in [0.5, 0.6) is 0 Å². The van der Waals surface area contributed by atoms with Crippen LogP contribution in [-0.4, -0.2) is 72.6 Å². The highest BCUT2D eigenvalue weighted by atomic mass is 35.5. The third-order valence-electron chi connectivity index (χ3n) is 5.74. The molecule has 2 aromatic rings. The number of rotatable bonds is 6. The first-order valence-corrected chi connectivity index (χ1v) is 11.4. The molecule has 0 saturated carbocycles. The molecule has 4 rings (SSSR count). The smallest absolute Gasteiger partial charge is 0.466 e. The zero-order valence-electron chi connectivity index (χ0n) is 19.5. The van der Waals surface area contributed by atoms with Crippen LogP contribution in [0.2, 0.25) is 5.02 Å². The number of methoxy groups -OCH3 is 1. The van der Waals surface area contributed by atoms with E-state index in [9.17, 15) is 14.0 Å². The van der Waals surface area contributed by atoms with Crippen molar-refractivity contribution in [1.82, 2.24) is 15.2 Å². The summed E-state index contributed by atoms with van der Waals surface area (Å²) in [5.74, 6) is -0.851. The van der Waals surface area contributed by atoms with E-state index < -0.39 is 30.2 Å². The van der Waals surface area contributed by atoms with E-state index in [0.717, 1.165) is 11.6 Å². The third-order valence-corrected chi connectivity index (χ3v) is 6.06. The summed E-state index contributed by atoms with van der Waals surface area (Å²) < 4.78 is 29.3. The van der Waals surface area contributed by atoms with Gasteiger partial charge in [-0.2, -0.15) is 0 Å². The molecule has 0 amide bonds. The van der Waals surface area contributed by atoms with E-state index in [1.165, 1.54) is 19.2 Å². The van der Waals surface area contributed by atoms with Gasteiger partial charge in [-0.1, -0.05) is 17.7 Å². The molecule has 2 aliphatic rings. The van der Waals surface area contributed by atoms with Crippen LogP contribution in [0, 0.1) is 12.7 Å². The van der Waals surface area contributed by atoms with E-state index in [-0.39, 0.29) is 23.7 Å². The highest BCUT2D eigenvalue weighted by Gasteiger charge is 2.36.